The van der Waals surface area contributed by atoms with Crippen molar-refractivity contribution in [3.8, 4) is 0 Å². The molecule has 1 aromatic rings. The number of rotatable bonds is 3. The first kappa shape index (κ1) is 12.0. The minimum absolute atomic E-state index is 0.781. The quantitative estimate of drug-likeness (QED) is 0.904. The normalized spacial score (nSPS) is 40.0. The van der Waals surface area contributed by atoms with Crippen molar-refractivity contribution >= 4 is 0 Å². The SMILES string of the molecule is Cc1c(CNC2CC3CC2C2CCCC32)cnn1C. The van der Waals surface area contributed by atoms with E-state index in [0.717, 1.165) is 36.3 Å². The summed E-state index contributed by atoms with van der Waals surface area (Å²) in [4.78, 5) is 0. The van der Waals surface area contributed by atoms with Crippen LogP contribution in [0, 0.1) is 30.6 Å². The zero-order chi connectivity index (χ0) is 13.0. The molecule has 3 aliphatic carbocycles. The average Bonchev–Trinajstić information content (AvgIpc) is 3.12. The fourth-order valence-corrected chi connectivity index (χ4v) is 5.26. The van der Waals surface area contributed by atoms with Gasteiger partial charge in [0, 0.05) is 30.9 Å². The van der Waals surface area contributed by atoms with Crippen LogP contribution in [0.2, 0.25) is 0 Å². The highest BCUT2D eigenvalue weighted by Gasteiger charge is 2.53. The number of hydrogen-bond donors (Lipinski definition) is 1. The van der Waals surface area contributed by atoms with Gasteiger partial charge >= 0.3 is 0 Å². The van der Waals surface area contributed by atoms with Crippen molar-refractivity contribution in [1.29, 1.82) is 0 Å². The molecule has 3 heteroatoms. The maximum Gasteiger partial charge on any atom is 0.0537 e. The standard InChI is InChI=1S/C16H25N3/c1-10-12(9-18-19(10)2)8-17-16-7-11-6-15(16)14-5-3-4-13(11)14/h9,11,13-17H,3-8H2,1-2H3. The van der Waals surface area contributed by atoms with Crippen molar-refractivity contribution in [3.05, 3.63) is 17.5 Å². The van der Waals surface area contributed by atoms with Gasteiger partial charge in [0.2, 0.25) is 0 Å². The predicted octanol–water partition coefficient (Wildman–Crippen LogP) is 2.64. The highest BCUT2D eigenvalue weighted by atomic mass is 15.3. The summed E-state index contributed by atoms with van der Waals surface area (Å²) in [6, 6.07) is 0.781. The molecule has 104 valence electrons. The van der Waals surface area contributed by atoms with Crippen LogP contribution in [0.3, 0.4) is 0 Å². The number of aromatic nitrogens is 2. The van der Waals surface area contributed by atoms with E-state index in [9.17, 15) is 0 Å². The van der Waals surface area contributed by atoms with Crippen LogP contribution < -0.4 is 5.32 Å². The molecule has 2 bridgehead atoms. The van der Waals surface area contributed by atoms with E-state index in [4.69, 9.17) is 0 Å². The van der Waals surface area contributed by atoms with Gasteiger partial charge in [-0.2, -0.15) is 5.10 Å². The first-order valence-electron chi connectivity index (χ1n) is 7.95. The molecule has 0 radical (unpaired) electrons. The second kappa shape index (κ2) is 4.34. The molecule has 1 N–H and O–H groups in total. The molecule has 0 spiro atoms. The lowest BCUT2D eigenvalue weighted by molar-refractivity contribution is 0.208. The summed E-state index contributed by atoms with van der Waals surface area (Å²) >= 11 is 0. The highest BCUT2D eigenvalue weighted by molar-refractivity contribution is 5.16. The second-order valence-corrected chi connectivity index (χ2v) is 7.02. The third-order valence-electron chi connectivity index (χ3n) is 6.32. The lowest BCUT2D eigenvalue weighted by atomic mass is 9.79. The molecule has 0 aromatic carbocycles. The van der Waals surface area contributed by atoms with Crippen molar-refractivity contribution in [2.45, 2.75) is 51.6 Å². The first-order valence-corrected chi connectivity index (χ1v) is 7.95. The van der Waals surface area contributed by atoms with Gasteiger partial charge < -0.3 is 5.32 Å². The van der Waals surface area contributed by atoms with Gasteiger partial charge in [-0.15, -0.1) is 0 Å². The van der Waals surface area contributed by atoms with Crippen LogP contribution in [0.5, 0.6) is 0 Å². The number of fused-ring (bicyclic) bond motifs is 5. The summed E-state index contributed by atoms with van der Waals surface area (Å²) in [6.07, 6.45) is 9.51. The van der Waals surface area contributed by atoms with E-state index in [0.29, 0.717) is 0 Å². The Bertz CT molecular complexity index is 478. The number of nitrogens with one attached hydrogen (secondary N) is 1. The zero-order valence-electron chi connectivity index (χ0n) is 12.1. The van der Waals surface area contributed by atoms with Gasteiger partial charge in [0.05, 0.1) is 6.20 Å². The Hall–Kier alpha value is -0.830. The Balaban J connectivity index is 1.41. The maximum atomic E-state index is 4.34. The summed E-state index contributed by atoms with van der Waals surface area (Å²) in [5, 5.41) is 8.18. The topological polar surface area (TPSA) is 29.9 Å². The minimum atomic E-state index is 0.781. The van der Waals surface area contributed by atoms with Crippen molar-refractivity contribution in [1.82, 2.24) is 15.1 Å². The maximum absolute atomic E-state index is 4.34. The van der Waals surface area contributed by atoms with Crippen molar-refractivity contribution in [2.75, 3.05) is 0 Å². The molecule has 0 amide bonds. The van der Waals surface area contributed by atoms with Crippen LogP contribution >= 0.6 is 0 Å². The summed E-state index contributed by atoms with van der Waals surface area (Å²) in [6.45, 7) is 3.17. The van der Waals surface area contributed by atoms with Crippen LogP contribution in [-0.2, 0) is 13.6 Å². The van der Waals surface area contributed by atoms with Crippen LogP contribution in [0.25, 0.3) is 0 Å². The molecule has 3 fully saturated rings. The Morgan fingerprint density at radius 3 is 2.89 bits per heavy atom. The van der Waals surface area contributed by atoms with Crippen molar-refractivity contribution in [2.24, 2.45) is 30.7 Å². The number of hydrogen-bond acceptors (Lipinski definition) is 2. The monoisotopic (exact) mass is 259 g/mol. The van der Waals surface area contributed by atoms with Gasteiger partial charge in [0.1, 0.15) is 0 Å². The average molecular weight is 259 g/mol. The third kappa shape index (κ3) is 1.78. The molecule has 19 heavy (non-hydrogen) atoms. The van der Waals surface area contributed by atoms with E-state index in [1.165, 1.54) is 43.4 Å². The number of aryl methyl sites for hydroxylation is 1. The summed E-state index contributed by atoms with van der Waals surface area (Å²) < 4.78 is 1.98. The Kier molecular flexibility index (Phi) is 2.73. The Morgan fingerprint density at radius 1 is 1.26 bits per heavy atom. The van der Waals surface area contributed by atoms with Gasteiger partial charge in [-0.25, -0.2) is 0 Å². The molecule has 3 nitrogen and oxygen atoms in total. The van der Waals surface area contributed by atoms with Crippen LogP contribution in [0.1, 0.15) is 43.4 Å². The van der Waals surface area contributed by atoms with Gasteiger partial charge in [-0.05, 0) is 56.3 Å². The van der Waals surface area contributed by atoms with Crippen LogP contribution in [0.15, 0.2) is 6.20 Å². The van der Waals surface area contributed by atoms with Gasteiger partial charge in [0.15, 0.2) is 0 Å². The molecule has 3 aliphatic rings. The Morgan fingerprint density at radius 2 is 2.11 bits per heavy atom. The molecular weight excluding hydrogens is 234 g/mol. The molecule has 3 saturated carbocycles. The molecule has 1 aromatic heterocycles. The van der Waals surface area contributed by atoms with Gasteiger partial charge in [-0.3, -0.25) is 4.68 Å². The van der Waals surface area contributed by atoms with Crippen molar-refractivity contribution in [3.63, 3.8) is 0 Å². The van der Waals surface area contributed by atoms with E-state index in [1.54, 1.807) is 0 Å². The van der Waals surface area contributed by atoms with E-state index in [2.05, 4.69) is 17.3 Å². The molecule has 5 atom stereocenters. The highest BCUT2D eigenvalue weighted by Crippen LogP contribution is 2.58. The van der Waals surface area contributed by atoms with Crippen LogP contribution in [-0.4, -0.2) is 15.8 Å². The first-order chi connectivity index (χ1) is 9.24. The third-order valence-corrected chi connectivity index (χ3v) is 6.32. The minimum Gasteiger partial charge on any atom is -0.310 e. The summed E-state index contributed by atoms with van der Waals surface area (Å²) in [7, 11) is 2.03. The molecule has 5 unspecified atom stereocenters. The number of nitrogens with zero attached hydrogens (tertiary/aromatic N) is 2. The molecule has 0 aliphatic heterocycles. The predicted molar refractivity (Wildman–Crippen MR) is 75.6 cm³/mol. The smallest absolute Gasteiger partial charge is 0.0537 e. The van der Waals surface area contributed by atoms with Gasteiger partial charge in [0.25, 0.3) is 0 Å². The zero-order valence-corrected chi connectivity index (χ0v) is 12.1. The second-order valence-electron chi connectivity index (χ2n) is 7.02. The van der Waals surface area contributed by atoms with Crippen LogP contribution in [0.4, 0.5) is 0 Å². The molecule has 1 heterocycles. The van der Waals surface area contributed by atoms with Crippen molar-refractivity contribution < 1.29 is 0 Å². The largest absolute Gasteiger partial charge is 0.310 e. The summed E-state index contributed by atoms with van der Waals surface area (Å²) in [5.41, 5.74) is 2.67. The molecular formula is C16H25N3. The molecule has 4 rings (SSSR count). The fourth-order valence-electron chi connectivity index (χ4n) is 5.26. The van der Waals surface area contributed by atoms with E-state index >= 15 is 0 Å². The Labute approximate surface area is 115 Å². The van der Waals surface area contributed by atoms with Gasteiger partial charge in [-0.1, -0.05) is 6.42 Å². The molecule has 0 saturated heterocycles. The fraction of sp³-hybridized carbons (Fsp3) is 0.812. The van der Waals surface area contributed by atoms with E-state index < -0.39 is 0 Å². The lowest BCUT2D eigenvalue weighted by Gasteiger charge is -2.32. The summed E-state index contributed by atoms with van der Waals surface area (Å²) in [5.74, 6) is 4.19. The van der Waals surface area contributed by atoms with E-state index in [-0.39, 0.29) is 0 Å². The lowest BCUT2D eigenvalue weighted by Crippen LogP contribution is -2.38. The van der Waals surface area contributed by atoms with E-state index in [1.807, 2.05) is 17.9 Å².